The summed E-state index contributed by atoms with van der Waals surface area (Å²) in [6.07, 6.45) is 0. The molecule has 2 aromatic rings. The lowest BCUT2D eigenvalue weighted by molar-refractivity contribution is 0.0343. The third kappa shape index (κ3) is 4.61. The Labute approximate surface area is 123 Å². The molecular weight excluding hydrogens is 273 g/mol. The normalized spacial score (nSPS) is 12.1. The summed E-state index contributed by atoms with van der Waals surface area (Å²) >= 11 is 0. The van der Waals surface area contributed by atoms with Gasteiger partial charge in [0.2, 0.25) is 0 Å². The van der Waals surface area contributed by atoms with E-state index in [1.165, 1.54) is 12.1 Å². The number of hydrogen-bond donors (Lipinski definition) is 1. The standard InChI is InChI=1S/C15H20FN3O2/c1-4-19(10-15(2,3)20)9-13-17-14(21-18-13)11-5-7-12(16)8-6-11/h5-8,20H,4,9-10H2,1-3H3. The van der Waals surface area contributed by atoms with Gasteiger partial charge in [-0.1, -0.05) is 12.1 Å². The third-order valence-electron chi connectivity index (χ3n) is 2.98. The molecule has 0 aliphatic heterocycles. The van der Waals surface area contributed by atoms with Gasteiger partial charge in [-0.2, -0.15) is 4.98 Å². The zero-order chi connectivity index (χ0) is 15.5. The fraction of sp³-hybridized carbons (Fsp3) is 0.467. The smallest absolute Gasteiger partial charge is 0.257 e. The van der Waals surface area contributed by atoms with Crippen LogP contribution in [0, 0.1) is 5.82 Å². The second kappa shape index (κ2) is 6.32. The molecule has 0 spiro atoms. The number of aliphatic hydroxyl groups is 1. The van der Waals surface area contributed by atoms with Gasteiger partial charge in [-0.3, -0.25) is 4.90 Å². The molecular formula is C15H20FN3O2. The number of hydrogen-bond acceptors (Lipinski definition) is 5. The first-order valence-corrected chi connectivity index (χ1v) is 6.90. The molecule has 0 saturated heterocycles. The molecule has 0 fully saturated rings. The summed E-state index contributed by atoms with van der Waals surface area (Å²) < 4.78 is 18.1. The van der Waals surface area contributed by atoms with Gasteiger partial charge in [-0.15, -0.1) is 0 Å². The summed E-state index contributed by atoms with van der Waals surface area (Å²) in [5.74, 6) is 0.602. The number of likely N-dealkylation sites (N-methyl/N-ethyl adjacent to an activating group) is 1. The van der Waals surface area contributed by atoms with Gasteiger partial charge in [0.05, 0.1) is 12.1 Å². The Morgan fingerprint density at radius 2 is 1.95 bits per heavy atom. The molecule has 1 aromatic carbocycles. The highest BCUT2D eigenvalue weighted by molar-refractivity contribution is 5.52. The van der Waals surface area contributed by atoms with E-state index in [9.17, 15) is 9.50 Å². The zero-order valence-electron chi connectivity index (χ0n) is 12.5. The van der Waals surface area contributed by atoms with Gasteiger partial charge in [0.1, 0.15) is 5.82 Å². The molecule has 0 aliphatic carbocycles. The summed E-state index contributed by atoms with van der Waals surface area (Å²) in [6, 6.07) is 5.90. The van der Waals surface area contributed by atoms with Crippen molar-refractivity contribution in [3.63, 3.8) is 0 Å². The maximum atomic E-state index is 12.9. The summed E-state index contributed by atoms with van der Waals surface area (Å²) in [4.78, 5) is 6.33. The minimum atomic E-state index is -0.778. The van der Waals surface area contributed by atoms with Crippen molar-refractivity contribution in [3.05, 3.63) is 35.9 Å². The summed E-state index contributed by atoms with van der Waals surface area (Å²) in [5.41, 5.74) is -0.0971. The molecule has 1 N–H and O–H groups in total. The topological polar surface area (TPSA) is 62.4 Å². The molecule has 0 aliphatic rings. The van der Waals surface area contributed by atoms with Crippen molar-refractivity contribution in [1.29, 1.82) is 0 Å². The van der Waals surface area contributed by atoms with Crippen molar-refractivity contribution in [3.8, 4) is 11.5 Å². The van der Waals surface area contributed by atoms with Crippen LogP contribution >= 0.6 is 0 Å². The van der Waals surface area contributed by atoms with Crippen LogP contribution in [0.25, 0.3) is 11.5 Å². The van der Waals surface area contributed by atoms with Gasteiger partial charge in [0, 0.05) is 12.1 Å². The van der Waals surface area contributed by atoms with E-state index in [1.807, 2.05) is 11.8 Å². The van der Waals surface area contributed by atoms with Gasteiger partial charge >= 0.3 is 0 Å². The van der Waals surface area contributed by atoms with E-state index in [1.54, 1.807) is 26.0 Å². The first kappa shape index (κ1) is 15.6. The van der Waals surface area contributed by atoms with Gasteiger partial charge in [-0.05, 0) is 44.7 Å². The highest BCUT2D eigenvalue weighted by Crippen LogP contribution is 2.18. The minimum absolute atomic E-state index is 0.305. The average molecular weight is 293 g/mol. The lowest BCUT2D eigenvalue weighted by Crippen LogP contribution is -2.38. The van der Waals surface area contributed by atoms with Gasteiger partial charge in [-0.25, -0.2) is 4.39 Å². The first-order chi connectivity index (χ1) is 9.87. The Hall–Kier alpha value is -1.79. The Bertz CT molecular complexity index is 575. The van der Waals surface area contributed by atoms with Crippen molar-refractivity contribution in [1.82, 2.24) is 15.0 Å². The van der Waals surface area contributed by atoms with Crippen LogP contribution in [0.15, 0.2) is 28.8 Å². The van der Waals surface area contributed by atoms with Crippen molar-refractivity contribution >= 4 is 0 Å². The van der Waals surface area contributed by atoms with Gasteiger partial charge in [0.25, 0.3) is 5.89 Å². The quantitative estimate of drug-likeness (QED) is 0.886. The molecule has 21 heavy (non-hydrogen) atoms. The van der Waals surface area contributed by atoms with Crippen LogP contribution in [0.4, 0.5) is 4.39 Å². The second-order valence-corrected chi connectivity index (χ2v) is 5.64. The van der Waals surface area contributed by atoms with E-state index in [-0.39, 0.29) is 5.82 Å². The fourth-order valence-corrected chi connectivity index (χ4v) is 2.05. The van der Waals surface area contributed by atoms with Crippen LogP contribution in [0.5, 0.6) is 0 Å². The Balaban J connectivity index is 2.07. The monoisotopic (exact) mass is 293 g/mol. The lowest BCUT2D eigenvalue weighted by atomic mass is 10.1. The van der Waals surface area contributed by atoms with Crippen LogP contribution in [-0.4, -0.2) is 38.8 Å². The summed E-state index contributed by atoms with van der Waals surface area (Å²) in [7, 11) is 0. The predicted octanol–water partition coefficient (Wildman–Crippen LogP) is 2.47. The number of benzene rings is 1. The number of halogens is 1. The molecule has 1 heterocycles. The molecule has 0 amide bonds. The predicted molar refractivity (Wildman–Crippen MR) is 76.9 cm³/mol. The molecule has 6 heteroatoms. The Kier molecular flexibility index (Phi) is 4.69. The van der Waals surface area contributed by atoms with Crippen LogP contribution < -0.4 is 0 Å². The Morgan fingerprint density at radius 3 is 2.52 bits per heavy atom. The van der Waals surface area contributed by atoms with E-state index >= 15 is 0 Å². The van der Waals surface area contributed by atoms with Crippen molar-refractivity contribution < 1.29 is 14.0 Å². The maximum absolute atomic E-state index is 12.9. The largest absolute Gasteiger partial charge is 0.389 e. The molecule has 0 bridgehead atoms. The average Bonchev–Trinajstić information content (AvgIpc) is 2.85. The first-order valence-electron chi connectivity index (χ1n) is 6.90. The van der Waals surface area contributed by atoms with Gasteiger partial charge in [0.15, 0.2) is 5.82 Å². The highest BCUT2D eigenvalue weighted by Gasteiger charge is 2.19. The highest BCUT2D eigenvalue weighted by atomic mass is 19.1. The van der Waals surface area contributed by atoms with E-state index in [2.05, 4.69) is 10.1 Å². The van der Waals surface area contributed by atoms with Gasteiger partial charge < -0.3 is 9.63 Å². The molecule has 5 nitrogen and oxygen atoms in total. The fourth-order valence-electron chi connectivity index (χ4n) is 2.05. The van der Waals surface area contributed by atoms with Crippen molar-refractivity contribution in [2.75, 3.05) is 13.1 Å². The molecule has 2 rings (SSSR count). The SMILES string of the molecule is CCN(Cc1noc(-c2ccc(F)cc2)n1)CC(C)(C)O. The maximum Gasteiger partial charge on any atom is 0.257 e. The van der Waals surface area contributed by atoms with E-state index < -0.39 is 5.60 Å². The van der Waals surface area contributed by atoms with Crippen LogP contribution in [-0.2, 0) is 6.54 Å². The molecule has 114 valence electrons. The number of rotatable bonds is 6. The van der Waals surface area contributed by atoms with E-state index in [0.717, 1.165) is 6.54 Å². The number of nitrogens with zero attached hydrogens (tertiary/aromatic N) is 3. The van der Waals surface area contributed by atoms with Crippen molar-refractivity contribution in [2.24, 2.45) is 0 Å². The Morgan fingerprint density at radius 1 is 1.29 bits per heavy atom. The molecule has 0 saturated carbocycles. The molecule has 0 atom stereocenters. The summed E-state index contributed by atoms with van der Waals surface area (Å²) in [5, 5.41) is 13.8. The van der Waals surface area contributed by atoms with E-state index in [0.29, 0.717) is 30.4 Å². The minimum Gasteiger partial charge on any atom is -0.389 e. The zero-order valence-corrected chi connectivity index (χ0v) is 12.5. The molecule has 0 radical (unpaired) electrons. The molecule has 1 aromatic heterocycles. The second-order valence-electron chi connectivity index (χ2n) is 5.64. The van der Waals surface area contributed by atoms with Crippen LogP contribution in [0.1, 0.15) is 26.6 Å². The summed E-state index contributed by atoms with van der Waals surface area (Å²) in [6.45, 7) is 7.30. The van der Waals surface area contributed by atoms with Crippen molar-refractivity contribution in [2.45, 2.75) is 32.9 Å². The lowest BCUT2D eigenvalue weighted by Gasteiger charge is -2.26. The van der Waals surface area contributed by atoms with E-state index in [4.69, 9.17) is 4.52 Å². The number of aromatic nitrogens is 2. The third-order valence-corrected chi connectivity index (χ3v) is 2.98. The van der Waals surface area contributed by atoms with Crippen LogP contribution in [0.3, 0.4) is 0 Å². The van der Waals surface area contributed by atoms with Crippen LogP contribution in [0.2, 0.25) is 0 Å². The molecule has 0 unspecified atom stereocenters.